The van der Waals surface area contributed by atoms with Crippen molar-refractivity contribution in [3.63, 3.8) is 0 Å². The van der Waals surface area contributed by atoms with Crippen LogP contribution in [0, 0.1) is 0 Å². The van der Waals surface area contributed by atoms with Gasteiger partial charge >= 0.3 is 5.97 Å². The maximum atomic E-state index is 10.9. The van der Waals surface area contributed by atoms with Gasteiger partial charge in [0.05, 0.1) is 17.9 Å². The Kier molecular flexibility index (Phi) is 5.51. The van der Waals surface area contributed by atoms with Crippen LogP contribution < -0.4 is 5.32 Å². The van der Waals surface area contributed by atoms with Crippen LogP contribution in [0.1, 0.15) is 48.2 Å². The van der Waals surface area contributed by atoms with Crippen LogP contribution >= 0.6 is 0 Å². The van der Waals surface area contributed by atoms with Gasteiger partial charge in [0.2, 0.25) is 0 Å². The summed E-state index contributed by atoms with van der Waals surface area (Å²) in [5, 5.41) is 12.2. The summed E-state index contributed by atoms with van der Waals surface area (Å²) in [4.78, 5) is 20.0. The number of hydrogen-bond acceptors (Lipinski definition) is 5. The number of carbonyl (C=O) groups is 1. The molecule has 6 heteroatoms. The van der Waals surface area contributed by atoms with E-state index in [2.05, 4.69) is 36.1 Å². The summed E-state index contributed by atoms with van der Waals surface area (Å²) >= 11 is 0. The molecular weight excluding hydrogens is 306 g/mol. The number of methoxy groups -OCH3 is 1. The highest BCUT2D eigenvalue weighted by Crippen LogP contribution is 2.21. The Morgan fingerprint density at radius 1 is 1.21 bits per heavy atom. The van der Waals surface area contributed by atoms with Gasteiger partial charge in [0, 0.05) is 25.1 Å². The third-order valence-corrected chi connectivity index (χ3v) is 3.42. The number of nitrogens with one attached hydrogen (secondary N) is 1. The molecule has 0 radical (unpaired) electrons. The van der Waals surface area contributed by atoms with E-state index < -0.39 is 5.97 Å². The van der Waals surface area contributed by atoms with Crippen LogP contribution in [0.3, 0.4) is 0 Å². The summed E-state index contributed by atoms with van der Waals surface area (Å²) in [5.41, 5.74) is 1.91. The number of aromatic carboxylic acids is 1. The predicted molar refractivity (Wildman–Crippen MR) is 92.2 cm³/mol. The van der Waals surface area contributed by atoms with Gasteiger partial charge in [-0.2, -0.15) is 0 Å². The van der Waals surface area contributed by atoms with Crippen molar-refractivity contribution in [2.24, 2.45) is 0 Å². The molecular formula is C18H23N3O3. The van der Waals surface area contributed by atoms with Gasteiger partial charge in [0.15, 0.2) is 0 Å². The molecule has 0 saturated carbocycles. The zero-order valence-corrected chi connectivity index (χ0v) is 14.5. The molecule has 1 aromatic heterocycles. The van der Waals surface area contributed by atoms with Gasteiger partial charge in [-0.3, -0.25) is 0 Å². The first-order valence-corrected chi connectivity index (χ1v) is 7.73. The Labute approximate surface area is 141 Å². The molecule has 0 atom stereocenters. The van der Waals surface area contributed by atoms with Crippen molar-refractivity contribution in [3.8, 4) is 0 Å². The quantitative estimate of drug-likeness (QED) is 0.846. The van der Waals surface area contributed by atoms with Crippen LogP contribution in [0.5, 0.6) is 0 Å². The molecule has 2 N–H and O–H groups in total. The SMILES string of the molecule is COCc1cc(NCc2ccc(C(=O)O)cc2)nc(C(C)(C)C)n1. The van der Waals surface area contributed by atoms with E-state index in [0.29, 0.717) is 13.2 Å². The van der Waals surface area contributed by atoms with Crippen molar-refractivity contribution in [1.29, 1.82) is 0 Å². The Morgan fingerprint density at radius 2 is 1.88 bits per heavy atom. The number of benzene rings is 1. The van der Waals surface area contributed by atoms with Crippen LogP contribution in [0.25, 0.3) is 0 Å². The Balaban J connectivity index is 2.16. The molecule has 1 heterocycles. The average molecular weight is 329 g/mol. The second-order valence-corrected chi connectivity index (χ2v) is 6.61. The molecule has 0 spiro atoms. The smallest absolute Gasteiger partial charge is 0.335 e. The van der Waals surface area contributed by atoms with Gasteiger partial charge in [-0.05, 0) is 17.7 Å². The Morgan fingerprint density at radius 3 is 2.42 bits per heavy atom. The third-order valence-electron chi connectivity index (χ3n) is 3.42. The summed E-state index contributed by atoms with van der Waals surface area (Å²) in [5.74, 6) is 0.550. The minimum atomic E-state index is -0.927. The van der Waals surface area contributed by atoms with E-state index in [1.165, 1.54) is 0 Å². The van der Waals surface area contributed by atoms with Gasteiger partial charge in [-0.1, -0.05) is 32.9 Å². The lowest BCUT2D eigenvalue weighted by molar-refractivity contribution is 0.0697. The van der Waals surface area contributed by atoms with Crippen LogP contribution in [0.2, 0.25) is 0 Å². The number of carboxylic acids is 1. The number of anilines is 1. The van der Waals surface area contributed by atoms with Crippen molar-refractivity contribution < 1.29 is 14.6 Å². The molecule has 24 heavy (non-hydrogen) atoms. The fourth-order valence-corrected chi connectivity index (χ4v) is 2.10. The second-order valence-electron chi connectivity index (χ2n) is 6.61. The maximum absolute atomic E-state index is 10.9. The van der Waals surface area contributed by atoms with Crippen molar-refractivity contribution in [1.82, 2.24) is 9.97 Å². The summed E-state index contributed by atoms with van der Waals surface area (Å²) in [6.45, 7) is 7.16. The molecule has 0 aliphatic rings. The predicted octanol–water partition coefficient (Wildman–Crippen LogP) is 3.23. The average Bonchev–Trinajstić information content (AvgIpc) is 2.52. The summed E-state index contributed by atoms with van der Waals surface area (Å²) < 4.78 is 5.18. The first-order chi connectivity index (χ1) is 11.3. The largest absolute Gasteiger partial charge is 0.478 e. The maximum Gasteiger partial charge on any atom is 0.335 e. The molecule has 0 aliphatic carbocycles. The number of ether oxygens (including phenoxy) is 1. The number of hydrogen-bond donors (Lipinski definition) is 2. The van der Waals surface area contributed by atoms with E-state index in [0.717, 1.165) is 22.9 Å². The second kappa shape index (κ2) is 7.40. The van der Waals surface area contributed by atoms with Crippen molar-refractivity contribution in [3.05, 3.63) is 53.0 Å². The van der Waals surface area contributed by atoms with E-state index in [1.54, 1.807) is 31.4 Å². The Hall–Kier alpha value is -2.47. The molecule has 128 valence electrons. The first kappa shape index (κ1) is 17.9. The minimum Gasteiger partial charge on any atom is -0.478 e. The Bertz CT molecular complexity index is 706. The summed E-state index contributed by atoms with van der Waals surface area (Å²) in [7, 11) is 1.63. The highest BCUT2D eigenvalue weighted by atomic mass is 16.5. The highest BCUT2D eigenvalue weighted by molar-refractivity contribution is 5.87. The fourth-order valence-electron chi connectivity index (χ4n) is 2.10. The van der Waals surface area contributed by atoms with Crippen LogP contribution in [0.15, 0.2) is 30.3 Å². The number of nitrogens with zero attached hydrogens (tertiary/aromatic N) is 2. The molecule has 0 bridgehead atoms. The normalized spacial score (nSPS) is 11.3. The summed E-state index contributed by atoms with van der Waals surface area (Å²) in [6, 6.07) is 8.63. The molecule has 0 fully saturated rings. The van der Waals surface area contributed by atoms with E-state index in [4.69, 9.17) is 9.84 Å². The summed E-state index contributed by atoms with van der Waals surface area (Å²) in [6.07, 6.45) is 0. The first-order valence-electron chi connectivity index (χ1n) is 7.73. The number of carboxylic acid groups (broad SMARTS) is 1. The number of aromatic nitrogens is 2. The standard InChI is InChI=1S/C18H23N3O3/c1-18(2,3)17-20-14(11-24-4)9-15(21-17)19-10-12-5-7-13(8-6-12)16(22)23/h5-9H,10-11H2,1-4H3,(H,22,23)(H,19,20,21). The molecule has 2 rings (SSSR count). The van der Waals surface area contributed by atoms with E-state index >= 15 is 0 Å². The topological polar surface area (TPSA) is 84.3 Å². The molecule has 2 aromatic rings. The van der Waals surface area contributed by atoms with Gasteiger partial charge < -0.3 is 15.2 Å². The lowest BCUT2D eigenvalue weighted by atomic mass is 9.95. The minimum absolute atomic E-state index is 0.163. The van der Waals surface area contributed by atoms with Crippen LogP contribution in [-0.2, 0) is 23.3 Å². The van der Waals surface area contributed by atoms with Crippen LogP contribution in [-0.4, -0.2) is 28.2 Å². The van der Waals surface area contributed by atoms with Gasteiger partial charge in [0.1, 0.15) is 11.6 Å². The molecule has 6 nitrogen and oxygen atoms in total. The van der Waals surface area contributed by atoms with E-state index in [9.17, 15) is 4.79 Å². The zero-order valence-electron chi connectivity index (χ0n) is 14.5. The lowest BCUT2D eigenvalue weighted by Gasteiger charge is -2.19. The fraction of sp³-hybridized carbons (Fsp3) is 0.389. The molecule has 0 saturated heterocycles. The van der Waals surface area contributed by atoms with Crippen molar-refractivity contribution in [2.75, 3.05) is 12.4 Å². The molecule has 0 aliphatic heterocycles. The third kappa shape index (κ3) is 4.76. The molecule has 1 aromatic carbocycles. The molecule has 0 unspecified atom stereocenters. The van der Waals surface area contributed by atoms with Crippen LogP contribution in [0.4, 0.5) is 5.82 Å². The number of rotatable bonds is 6. The van der Waals surface area contributed by atoms with Gasteiger partial charge in [-0.25, -0.2) is 14.8 Å². The van der Waals surface area contributed by atoms with Crippen molar-refractivity contribution in [2.45, 2.75) is 39.3 Å². The monoisotopic (exact) mass is 329 g/mol. The molecule has 0 amide bonds. The zero-order chi connectivity index (χ0) is 17.7. The van der Waals surface area contributed by atoms with Gasteiger partial charge in [0.25, 0.3) is 0 Å². The van der Waals surface area contributed by atoms with Crippen molar-refractivity contribution >= 4 is 11.8 Å². The van der Waals surface area contributed by atoms with E-state index in [1.807, 2.05) is 6.07 Å². The van der Waals surface area contributed by atoms with Gasteiger partial charge in [-0.15, -0.1) is 0 Å². The lowest BCUT2D eigenvalue weighted by Crippen LogP contribution is -2.18. The van der Waals surface area contributed by atoms with E-state index in [-0.39, 0.29) is 11.0 Å². The highest BCUT2D eigenvalue weighted by Gasteiger charge is 2.19.